The fraction of sp³-hybridized carbons (Fsp3) is 0.562. The van der Waals surface area contributed by atoms with Crippen molar-refractivity contribution in [3.8, 4) is 5.75 Å². The minimum absolute atomic E-state index is 0.0410. The molecule has 0 aliphatic heterocycles. The first-order valence-corrected chi connectivity index (χ1v) is 7.95. The minimum Gasteiger partial charge on any atom is -0.496 e. The van der Waals surface area contributed by atoms with Crippen LogP contribution in [0.25, 0.3) is 0 Å². The number of ether oxygens (including phenoxy) is 1. The smallest absolute Gasteiger partial charge is 0.255 e. The highest BCUT2D eigenvalue weighted by molar-refractivity contribution is 9.10. The highest BCUT2D eigenvalue weighted by Crippen LogP contribution is 2.29. The lowest BCUT2D eigenvalue weighted by Crippen LogP contribution is -2.42. The average Bonchev–Trinajstić information content (AvgIpc) is 2.41. The molecule has 1 aromatic rings. The van der Waals surface area contributed by atoms with Gasteiger partial charge in [0.1, 0.15) is 5.75 Å². The number of methoxy groups -OCH3 is 1. The molecule has 1 amide bonds. The Labute approximate surface area is 129 Å². The summed E-state index contributed by atoms with van der Waals surface area (Å²) in [6, 6.07) is 5.76. The van der Waals surface area contributed by atoms with Gasteiger partial charge in [-0.2, -0.15) is 0 Å². The molecule has 0 bridgehead atoms. The third-order valence-electron chi connectivity index (χ3n) is 4.16. The molecule has 0 heterocycles. The molecule has 0 saturated heterocycles. The average molecular weight is 340 g/mol. The molecule has 1 saturated carbocycles. The lowest BCUT2D eigenvalue weighted by Gasteiger charge is -2.33. The van der Waals surface area contributed by atoms with E-state index in [4.69, 9.17) is 4.74 Å². The van der Waals surface area contributed by atoms with Crippen LogP contribution in [0.2, 0.25) is 0 Å². The molecule has 3 atom stereocenters. The maximum Gasteiger partial charge on any atom is 0.255 e. The van der Waals surface area contributed by atoms with Gasteiger partial charge in [-0.3, -0.25) is 4.79 Å². The summed E-state index contributed by atoms with van der Waals surface area (Å²) in [5.41, 5.74) is 0.599. The highest BCUT2D eigenvalue weighted by atomic mass is 79.9. The predicted octanol–water partition coefficient (Wildman–Crippen LogP) is 4.01. The molecule has 0 radical (unpaired) electrons. The molecule has 4 heteroatoms. The normalized spacial score (nSPS) is 26.1. The van der Waals surface area contributed by atoms with Crippen molar-refractivity contribution < 1.29 is 9.53 Å². The molecule has 0 aromatic heterocycles. The Kier molecular flexibility index (Phi) is 5.08. The van der Waals surface area contributed by atoms with Crippen LogP contribution in [-0.2, 0) is 0 Å². The van der Waals surface area contributed by atoms with Gasteiger partial charge < -0.3 is 10.1 Å². The molecule has 1 aromatic carbocycles. The predicted molar refractivity (Wildman–Crippen MR) is 84.1 cm³/mol. The van der Waals surface area contributed by atoms with E-state index in [1.807, 2.05) is 12.1 Å². The van der Waals surface area contributed by atoms with Crippen molar-refractivity contribution >= 4 is 21.8 Å². The summed E-state index contributed by atoms with van der Waals surface area (Å²) in [4.78, 5) is 12.4. The second-order valence-corrected chi connectivity index (χ2v) is 6.74. The van der Waals surface area contributed by atoms with Gasteiger partial charge in [0.2, 0.25) is 0 Å². The van der Waals surface area contributed by atoms with Crippen LogP contribution in [0.15, 0.2) is 22.7 Å². The van der Waals surface area contributed by atoms with Gasteiger partial charge in [-0.15, -0.1) is 0 Å². The Morgan fingerprint density at radius 3 is 2.75 bits per heavy atom. The molecular formula is C16H22BrNO2. The fourth-order valence-electron chi connectivity index (χ4n) is 2.98. The zero-order valence-electron chi connectivity index (χ0n) is 12.3. The summed E-state index contributed by atoms with van der Waals surface area (Å²) in [5, 5.41) is 3.17. The molecule has 0 spiro atoms. The number of rotatable bonds is 3. The van der Waals surface area contributed by atoms with Crippen molar-refractivity contribution in [2.75, 3.05) is 7.11 Å². The molecule has 3 unspecified atom stereocenters. The quantitative estimate of drug-likeness (QED) is 0.903. The number of nitrogens with one attached hydrogen (secondary N) is 1. The summed E-state index contributed by atoms with van der Waals surface area (Å²) in [5.74, 6) is 1.86. The summed E-state index contributed by atoms with van der Waals surface area (Å²) < 4.78 is 6.20. The van der Waals surface area contributed by atoms with Gasteiger partial charge in [0.15, 0.2) is 0 Å². The van der Waals surface area contributed by atoms with E-state index in [2.05, 4.69) is 35.1 Å². The first kappa shape index (κ1) is 15.4. The molecule has 3 nitrogen and oxygen atoms in total. The highest BCUT2D eigenvalue weighted by Gasteiger charge is 2.27. The molecule has 1 aliphatic carbocycles. The fourth-order valence-corrected chi connectivity index (χ4v) is 3.32. The second-order valence-electron chi connectivity index (χ2n) is 5.82. The number of benzene rings is 1. The van der Waals surface area contributed by atoms with Gasteiger partial charge in [-0.25, -0.2) is 0 Å². The third-order valence-corrected chi connectivity index (χ3v) is 4.65. The van der Waals surface area contributed by atoms with Crippen molar-refractivity contribution in [2.45, 2.75) is 39.2 Å². The molecule has 110 valence electrons. The second kappa shape index (κ2) is 6.61. The Bertz CT molecular complexity index is 489. The van der Waals surface area contributed by atoms with Crippen LogP contribution < -0.4 is 10.1 Å². The Morgan fingerprint density at radius 2 is 2.10 bits per heavy atom. The van der Waals surface area contributed by atoms with Gasteiger partial charge in [0, 0.05) is 10.5 Å². The summed E-state index contributed by atoms with van der Waals surface area (Å²) >= 11 is 3.39. The SMILES string of the molecule is COc1cc(Br)ccc1C(=O)NC1CCC(C)CC1C. The van der Waals surface area contributed by atoms with Crippen LogP contribution in [0.5, 0.6) is 5.75 Å². The molecule has 1 N–H and O–H groups in total. The largest absolute Gasteiger partial charge is 0.496 e. The lowest BCUT2D eigenvalue weighted by molar-refractivity contribution is 0.0896. The first-order chi connectivity index (χ1) is 9.51. The van der Waals surface area contributed by atoms with Crippen molar-refractivity contribution in [1.82, 2.24) is 5.32 Å². The lowest BCUT2D eigenvalue weighted by atomic mass is 9.80. The number of hydrogen-bond acceptors (Lipinski definition) is 2. The Hall–Kier alpha value is -1.03. The first-order valence-electron chi connectivity index (χ1n) is 7.15. The number of halogens is 1. The van der Waals surface area contributed by atoms with Crippen molar-refractivity contribution in [2.24, 2.45) is 11.8 Å². The maximum atomic E-state index is 12.4. The Balaban J connectivity index is 2.08. The van der Waals surface area contributed by atoms with E-state index in [1.165, 1.54) is 12.8 Å². The van der Waals surface area contributed by atoms with Crippen molar-refractivity contribution in [3.05, 3.63) is 28.2 Å². The molecule has 20 heavy (non-hydrogen) atoms. The standard InChI is InChI=1S/C16H22BrNO2/c1-10-4-7-14(11(2)8-10)18-16(19)13-6-5-12(17)9-15(13)20-3/h5-6,9-11,14H,4,7-8H2,1-3H3,(H,18,19). The van der Waals surface area contributed by atoms with E-state index < -0.39 is 0 Å². The number of carbonyl (C=O) groups is 1. The summed E-state index contributed by atoms with van der Waals surface area (Å²) in [6.07, 6.45) is 3.43. The van der Waals surface area contributed by atoms with E-state index >= 15 is 0 Å². The van der Waals surface area contributed by atoms with Crippen LogP contribution in [0.1, 0.15) is 43.5 Å². The summed E-state index contributed by atoms with van der Waals surface area (Å²) in [7, 11) is 1.59. The van der Waals surface area contributed by atoms with Gasteiger partial charge >= 0.3 is 0 Å². The van der Waals surface area contributed by atoms with E-state index in [0.717, 1.165) is 16.8 Å². The number of carbonyl (C=O) groups excluding carboxylic acids is 1. The van der Waals surface area contributed by atoms with Gasteiger partial charge in [-0.05, 0) is 49.3 Å². The van der Waals surface area contributed by atoms with E-state index in [9.17, 15) is 4.79 Å². The van der Waals surface area contributed by atoms with E-state index in [1.54, 1.807) is 13.2 Å². The zero-order valence-corrected chi connectivity index (χ0v) is 13.9. The van der Waals surface area contributed by atoms with Crippen LogP contribution >= 0.6 is 15.9 Å². The Morgan fingerprint density at radius 1 is 1.35 bits per heavy atom. The number of hydrogen-bond donors (Lipinski definition) is 1. The van der Waals surface area contributed by atoms with Crippen LogP contribution in [0, 0.1) is 11.8 Å². The van der Waals surface area contributed by atoms with Gasteiger partial charge in [0.05, 0.1) is 12.7 Å². The third kappa shape index (κ3) is 3.54. The van der Waals surface area contributed by atoms with Gasteiger partial charge in [-0.1, -0.05) is 29.8 Å². The number of amides is 1. The van der Waals surface area contributed by atoms with Crippen LogP contribution in [0.4, 0.5) is 0 Å². The topological polar surface area (TPSA) is 38.3 Å². The van der Waals surface area contributed by atoms with Crippen LogP contribution in [0.3, 0.4) is 0 Å². The molecular weight excluding hydrogens is 318 g/mol. The van der Waals surface area contributed by atoms with E-state index in [0.29, 0.717) is 17.2 Å². The summed E-state index contributed by atoms with van der Waals surface area (Å²) in [6.45, 7) is 4.51. The minimum atomic E-state index is -0.0410. The molecule has 1 fully saturated rings. The van der Waals surface area contributed by atoms with Gasteiger partial charge in [0.25, 0.3) is 5.91 Å². The van der Waals surface area contributed by atoms with E-state index in [-0.39, 0.29) is 11.9 Å². The van der Waals surface area contributed by atoms with Crippen LogP contribution in [-0.4, -0.2) is 19.1 Å². The molecule has 1 aliphatic rings. The van der Waals surface area contributed by atoms with Crippen molar-refractivity contribution in [3.63, 3.8) is 0 Å². The molecule has 2 rings (SSSR count). The maximum absolute atomic E-state index is 12.4. The zero-order chi connectivity index (χ0) is 14.7. The van der Waals surface area contributed by atoms with Crippen molar-refractivity contribution in [1.29, 1.82) is 0 Å². The monoisotopic (exact) mass is 339 g/mol.